The molecule has 2 aliphatic heterocycles. The second-order valence-electron chi connectivity index (χ2n) is 11.9. The van der Waals surface area contributed by atoms with Crippen molar-refractivity contribution in [3.8, 4) is 40.2 Å². The minimum atomic E-state index is -0.675. The molecule has 0 radical (unpaired) electrons. The Bertz CT molecular complexity index is 2390. The highest BCUT2D eigenvalue weighted by Crippen LogP contribution is 2.44. The van der Waals surface area contributed by atoms with E-state index in [2.05, 4.69) is 11.8 Å². The highest BCUT2D eigenvalue weighted by Gasteiger charge is 2.40. The molecule has 250 valence electrons. The van der Waals surface area contributed by atoms with Crippen molar-refractivity contribution in [1.29, 1.82) is 0 Å². The number of rotatable bonds is 7. The van der Waals surface area contributed by atoms with Gasteiger partial charge in [-0.05, 0) is 71.8 Å². The summed E-state index contributed by atoms with van der Waals surface area (Å²) in [4.78, 5) is 57.6. The largest absolute Gasteiger partial charge is 0.496 e. The highest BCUT2D eigenvalue weighted by atomic mass is 16.5. The molecule has 5 aromatic rings. The monoisotopic (exact) mass is 676 g/mol. The van der Waals surface area contributed by atoms with E-state index < -0.39 is 29.7 Å². The predicted octanol–water partition coefficient (Wildman–Crippen LogP) is 6.61. The van der Waals surface area contributed by atoms with Crippen LogP contribution in [0.5, 0.6) is 17.2 Å². The summed E-state index contributed by atoms with van der Waals surface area (Å²) in [5.41, 5.74) is 4.73. The van der Waals surface area contributed by atoms with E-state index in [-0.39, 0.29) is 5.57 Å². The lowest BCUT2D eigenvalue weighted by Crippen LogP contribution is -2.42. The average Bonchev–Trinajstić information content (AvgIpc) is 3.36. The van der Waals surface area contributed by atoms with Crippen LogP contribution >= 0.6 is 0 Å². The van der Waals surface area contributed by atoms with E-state index in [1.807, 2.05) is 12.1 Å². The Morgan fingerprint density at radius 3 is 1.51 bits per heavy atom. The van der Waals surface area contributed by atoms with E-state index in [9.17, 15) is 19.2 Å². The zero-order chi connectivity index (χ0) is 35.6. The number of anilines is 2. The fraction of sp³-hybridized carbons (Fsp3) is 0.122. The minimum Gasteiger partial charge on any atom is -0.496 e. The molecule has 4 amide bonds. The maximum atomic E-state index is 13.9. The van der Waals surface area contributed by atoms with E-state index >= 15 is 0 Å². The van der Waals surface area contributed by atoms with Gasteiger partial charge >= 0.3 is 0 Å². The topological polar surface area (TPSA) is 112 Å². The van der Waals surface area contributed by atoms with Crippen molar-refractivity contribution in [2.75, 3.05) is 38.2 Å². The van der Waals surface area contributed by atoms with Crippen LogP contribution in [0, 0.1) is 11.8 Å². The molecule has 0 bridgehead atoms. The van der Waals surface area contributed by atoms with Gasteiger partial charge < -0.3 is 18.9 Å². The normalized spacial score (nSPS) is 15.9. The summed E-state index contributed by atoms with van der Waals surface area (Å²) in [5, 5.41) is 1.06. The van der Waals surface area contributed by atoms with Crippen LogP contribution in [-0.4, -0.2) is 52.1 Å². The fourth-order valence-corrected chi connectivity index (χ4v) is 7.06. The molecule has 0 spiro atoms. The quantitative estimate of drug-likeness (QED) is 0.140. The minimum absolute atomic E-state index is 0.282. The number of imide groups is 2. The Morgan fingerprint density at radius 1 is 0.529 bits per heavy atom. The standard InChI is InChI=1S/C41H28N2O8/c1-48-30-7-5-6-26-34-27(16-19-31(49-2)36(30)34)39(45)42(38(26)44)24-12-8-22(9-13-24)23-10-14-25(15-11-23)43-40(46)28-17-20-32(50-3)37-33(51-4)21-18-29(35(28)37)41(43)47/h6,8-21,30H,1-4H3. The van der Waals surface area contributed by atoms with Crippen molar-refractivity contribution in [3.05, 3.63) is 119 Å². The second kappa shape index (κ2) is 12.0. The van der Waals surface area contributed by atoms with Crippen LogP contribution in [0.4, 0.5) is 11.4 Å². The van der Waals surface area contributed by atoms with E-state index in [1.165, 1.54) is 34.5 Å². The molecular formula is C41H28N2O8. The first-order valence-electron chi connectivity index (χ1n) is 15.9. The maximum absolute atomic E-state index is 13.9. The first kappa shape index (κ1) is 31.6. The van der Waals surface area contributed by atoms with Crippen molar-refractivity contribution >= 4 is 51.3 Å². The molecule has 1 atom stereocenters. The zero-order valence-electron chi connectivity index (χ0n) is 27.9. The Labute approximate surface area is 292 Å². The average molecular weight is 677 g/mol. The van der Waals surface area contributed by atoms with Crippen molar-refractivity contribution in [3.63, 3.8) is 0 Å². The van der Waals surface area contributed by atoms with Gasteiger partial charge in [-0.15, -0.1) is 0 Å². The number of carbonyl (C=O) groups excluding carboxylic acids is 4. The molecule has 3 aliphatic rings. The summed E-state index contributed by atoms with van der Waals surface area (Å²) in [6.45, 7) is 0. The van der Waals surface area contributed by atoms with Gasteiger partial charge in [0.2, 0.25) is 0 Å². The van der Waals surface area contributed by atoms with Crippen LogP contribution in [-0.2, 0) is 9.53 Å². The van der Waals surface area contributed by atoms with Crippen LogP contribution in [0.1, 0.15) is 48.3 Å². The molecule has 5 aromatic carbocycles. The number of methoxy groups -OCH3 is 4. The van der Waals surface area contributed by atoms with Crippen molar-refractivity contribution in [2.24, 2.45) is 0 Å². The molecule has 51 heavy (non-hydrogen) atoms. The third-order valence-corrected chi connectivity index (χ3v) is 9.47. The molecular weight excluding hydrogens is 648 g/mol. The van der Waals surface area contributed by atoms with Gasteiger partial charge in [0.15, 0.2) is 0 Å². The van der Waals surface area contributed by atoms with Gasteiger partial charge in [-0.3, -0.25) is 19.2 Å². The molecule has 0 saturated heterocycles. The van der Waals surface area contributed by atoms with E-state index in [0.717, 1.165) is 20.9 Å². The summed E-state index contributed by atoms with van der Waals surface area (Å²) in [6, 6.07) is 24.1. The Morgan fingerprint density at radius 2 is 1.00 bits per heavy atom. The number of nitrogens with zero attached hydrogens (tertiary/aromatic N) is 2. The Kier molecular flexibility index (Phi) is 7.44. The van der Waals surface area contributed by atoms with Gasteiger partial charge in [-0.2, -0.15) is 0 Å². The van der Waals surface area contributed by atoms with Crippen molar-refractivity contribution < 1.29 is 38.1 Å². The molecule has 8 rings (SSSR count). The third-order valence-electron chi connectivity index (χ3n) is 9.47. The predicted molar refractivity (Wildman–Crippen MR) is 190 cm³/mol. The number of ether oxygens (including phenoxy) is 4. The van der Waals surface area contributed by atoms with Crippen molar-refractivity contribution in [2.45, 2.75) is 6.10 Å². The van der Waals surface area contributed by atoms with Crippen LogP contribution < -0.4 is 24.0 Å². The molecule has 2 heterocycles. The fourth-order valence-electron chi connectivity index (χ4n) is 7.06. The first-order valence-corrected chi connectivity index (χ1v) is 15.9. The number of allylic oxidation sites excluding steroid dienone is 1. The van der Waals surface area contributed by atoms with Crippen LogP contribution in [0.3, 0.4) is 0 Å². The molecule has 0 N–H and O–H groups in total. The van der Waals surface area contributed by atoms with E-state index in [4.69, 9.17) is 18.9 Å². The van der Waals surface area contributed by atoms with E-state index in [1.54, 1.807) is 72.8 Å². The van der Waals surface area contributed by atoms with Gasteiger partial charge in [-0.25, -0.2) is 9.80 Å². The van der Waals surface area contributed by atoms with Gasteiger partial charge in [0, 0.05) is 46.4 Å². The van der Waals surface area contributed by atoms with Gasteiger partial charge in [0.05, 0.1) is 43.7 Å². The summed E-state index contributed by atoms with van der Waals surface area (Å²) >= 11 is 0. The van der Waals surface area contributed by atoms with Crippen molar-refractivity contribution in [1.82, 2.24) is 0 Å². The SMILES string of the molecule is COc1ccc2c3c1C(OC)C#CC=C3C(=O)N(c1ccc(-c3ccc(N4C(=O)c5ccc(OC)c6c(OC)ccc(c56)C4=O)cc3)cc1)C2=O. The lowest BCUT2D eigenvalue weighted by atomic mass is 9.87. The number of benzene rings is 5. The maximum Gasteiger partial charge on any atom is 0.266 e. The molecule has 10 heteroatoms. The molecule has 10 nitrogen and oxygen atoms in total. The second-order valence-corrected chi connectivity index (χ2v) is 11.9. The molecule has 0 fully saturated rings. The van der Waals surface area contributed by atoms with E-state index in [0.29, 0.717) is 67.2 Å². The smallest absolute Gasteiger partial charge is 0.266 e. The van der Waals surface area contributed by atoms with Crippen LogP contribution in [0.25, 0.3) is 27.5 Å². The summed E-state index contributed by atoms with van der Waals surface area (Å²) < 4.78 is 22.2. The first-order chi connectivity index (χ1) is 24.8. The summed E-state index contributed by atoms with van der Waals surface area (Å²) in [5.74, 6) is 5.47. The van der Waals surface area contributed by atoms with Gasteiger partial charge in [-0.1, -0.05) is 36.1 Å². The molecule has 1 aliphatic carbocycles. The third kappa shape index (κ3) is 4.63. The Balaban J connectivity index is 1.09. The molecule has 0 saturated carbocycles. The number of hydrogen-bond acceptors (Lipinski definition) is 8. The molecule has 0 aromatic heterocycles. The summed E-state index contributed by atoms with van der Waals surface area (Å²) in [7, 11) is 6.08. The highest BCUT2D eigenvalue weighted by molar-refractivity contribution is 6.42. The Hall–Kier alpha value is -6.70. The zero-order valence-corrected chi connectivity index (χ0v) is 27.9. The van der Waals surface area contributed by atoms with Crippen LogP contribution in [0.15, 0.2) is 91.0 Å². The van der Waals surface area contributed by atoms with Gasteiger partial charge in [0.25, 0.3) is 23.6 Å². The lowest BCUT2D eigenvalue weighted by molar-refractivity contribution is -0.112. The molecule has 1 unspecified atom stereocenters. The lowest BCUT2D eigenvalue weighted by Gasteiger charge is -2.31. The van der Waals surface area contributed by atoms with Crippen LogP contribution in [0.2, 0.25) is 0 Å². The number of amides is 4. The number of hydrogen-bond donors (Lipinski definition) is 0. The summed E-state index contributed by atoms with van der Waals surface area (Å²) in [6.07, 6.45) is 0.842. The van der Waals surface area contributed by atoms with Gasteiger partial charge in [0.1, 0.15) is 23.4 Å². The number of carbonyl (C=O) groups is 4.